The van der Waals surface area contributed by atoms with E-state index in [-0.39, 0.29) is 6.04 Å². The number of ether oxygens (including phenoxy) is 1. The number of aromatic nitrogens is 1. The first-order valence-corrected chi connectivity index (χ1v) is 9.19. The molecule has 24 heavy (non-hydrogen) atoms. The molecule has 2 atom stereocenters. The molecule has 0 saturated carbocycles. The highest BCUT2D eigenvalue weighted by Gasteiger charge is 2.28. The summed E-state index contributed by atoms with van der Waals surface area (Å²) in [4.78, 5) is 21.5. The van der Waals surface area contributed by atoms with E-state index in [0.717, 1.165) is 57.2 Å². The van der Waals surface area contributed by atoms with Crippen molar-refractivity contribution in [3.8, 4) is 0 Å². The van der Waals surface area contributed by atoms with Crippen molar-refractivity contribution >= 4 is 11.7 Å². The van der Waals surface area contributed by atoms with Crippen molar-refractivity contribution in [3.63, 3.8) is 0 Å². The number of pyridine rings is 1. The van der Waals surface area contributed by atoms with Crippen LogP contribution in [0.15, 0.2) is 18.2 Å². The van der Waals surface area contributed by atoms with Crippen LogP contribution in [0.1, 0.15) is 38.3 Å². The Kier molecular flexibility index (Phi) is 5.72. The van der Waals surface area contributed by atoms with Crippen LogP contribution in [0.5, 0.6) is 0 Å². The molecule has 0 radical (unpaired) electrons. The number of hydrogen-bond donors (Lipinski definition) is 0. The predicted octanol–water partition coefficient (Wildman–Crippen LogP) is 2.63. The van der Waals surface area contributed by atoms with E-state index in [1.165, 1.54) is 6.42 Å². The van der Waals surface area contributed by atoms with Gasteiger partial charge in [0.1, 0.15) is 5.82 Å². The first kappa shape index (κ1) is 17.2. The average molecular weight is 331 g/mol. The van der Waals surface area contributed by atoms with Gasteiger partial charge in [-0.05, 0) is 51.2 Å². The summed E-state index contributed by atoms with van der Waals surface area (Å²) in [6.07, 6.45) is 3.96. The van der Waals surface area contributed by atoms with Gasteiger partial charge < -0.3 is 14.5 Å². The summed E-state index contributed by atoms with van der Waals surface area (Å²) in [5.41, 5.74) is 1.04. The molecule has 0 spiro atoms. The van der Waals surface area contributed by atoms with Crippen LogP contribution in [0.4, 0.5) is 5.82 Å². The number of hydrogen-bond acceptors (Lipinski definition) is 4. The van der Waals surface area contributed by atoms with Crippen LogP contribution in [0, 0.1) is 12.8 Å². The fraction of sp³-hybridized carbons (Fsp3) is 0.684. The van der Waals surface area contributed by atoms with Gasteiger partial charge in [0.25, 0.3) is 0 Å². The Morgan fingerprint density at radius 1 is 1.38 bits per heavy atom. The molecule has 2 fully saturated rings. The number of carbonyl (C=O) groups excluding carboxylic acids is 1. The lowest BCUT2D eigenvalue weighted by molar-refractivity contribution is -0.134. The van der Waals surface area contributed by atoms with Crippen LogP contribution in [-0.2, 0) is 9.53 Å². The van der Waals surface area contributed by atoms with E-state index >= 15 is 0 Å². The number of nitrogens with zero attached hydrogens (tertiary/aromatic N) is 3. The van der Waals surface area contributed by atoms with Crippen LogP contribution in [0.3, 0.4) is 0 Å². The van der Waals surface area contributed by atoms with Crippen molar-refractivity contribution in [2.24, 2.45) is 5.92 Å². The molecular weight excluding hydrogens is 302 g/mol. The maximum Gasteiger partial charge on any atom is 0.222 e. The standard InChI is InChI=1S/C19H29N3O2/c1-15-5-3-7-18(20-15)21-10-11-22(16(2)13-21)19(23)9-8-17-6-4-12-24-14-17/h3,5,7,16-17H,4,6,8-14H2,1-2H3. The van der Waals surface area contributed by atoms with Crippen molar-refractivity contribution in [1.29, 1.82) is 0 Å². The molecule has 0 aromatic carbocycles. The first-order chi connectivity index (χ1) is 11.6. The van der Waals surface area contributed by atoms with Gasteiger partial charge in [-0.3, -0.25) is 4.79 Å². The summed E-state index contributed by atoms with van der Waals surface area (Å²) in [6, 6.07) is 6.35. The van der Waals surface area contributed by atoms with Gasteiger partial charge in [0, 0.05) is 51.0 Å². The second-order valence-corrected chi connectivity index (χ2v) is 7.14. The number of carbonyl (C=O) groups is 1. The maximum absolute atomic E-state index is 12.6. The molecule has 2 saturated heterocycles. The molecule has 5 nitrogen and oxygen atoms in total. The van der Waals surface area contributed by atoms with E-state index in [0.29, 0.717) is 18.2 Å². The second kappa shape index (κ2) is 7.97. The van der Waals surface area contributed by atoms with E-state index in [1.807, 2.05) is 19.1 Å². The Labute approximate surface area is 145 Å². The molecule has 1 aromatic rings. The Hall–Kier alpha value is -1.62. The van der Waals surface area contributed by atoms with Crippen molar-refractivity contribution in [3.05, 3.63) is 23.9 Å². The van der Waals surface area contributed by atoms with Gasteiger partial charge in [0.05, 0.1) is 0 Å². The zero-order valence-corrected chi connectivity index (χ0v) is 14.9. The molecule has 132 valence electrons. The van der Waals surface area contributed by atoms with Crippen LogP contribution < -0.4 is 4.90 Å². The molecule has 3 heterocycles. The molecule has 1 amide bonds. The van der Waals surface area contributed by atoms with Gasteiger partial charge in [-0.25, -0.2) is 4.98 Å². The fourth-order valence-corrected chi connectivity index (χ4v) is 3.75. The molecule has 1 aromatic heterocycles. The zero-order valence-electron chi connectivity index (χ0n) is 14.9. The van der Waals surface area contributed by atoms with Crippen LogP contribution in [0.2, 0.25) is 0 Å². The first-order valence-electron chi connectivity index (χ1n) is 9.19. The van der Waals surface area contributed by atoms with E-state index < -0.39 is 0 Å². The van der Waals surface area contributed by atoms with E-state index in [9.17, 15) is 4.79 Å². The highest BCUT2D eigenvalue weighted by atomic mass is 16.5. The average Bonchev–Trinajstić information content (AvgIpc) is 2.60. The van der Waals surface area contributed by atoms with Gasteiger partial charge in [-0.1, -0.05) is 6.07 Å². The molecule has 2 aliphatic heterocycles. The highest BCUT2D eigenvalue weighted by Crippen LogP contribution is 2.22. The summed E-state index contributed by atoms with van der Waals surface area (Å²) >= 11 is 0. The molecule has 0 aliphatic carbocycles. The predicted molar refractivity (Wildman–Crippen MR) is 95.1 cm³/mol. The molecule has 5 heteroatoms. The molecule has 0 N–H and O–H groups in total. The Balaban J connectivity index is 1.50. The van der Waals surface area contributed by atoms with Gasteiger partial charge in [-0.2, -0.15) is 0 Å². The number of rotatable bonds is 4. The normalized spacial score (nSPS) is 24.9. The van der Waals surface area contributed by atoms with E-state index in [4.69, 9.17) is 4.74 Å². The number of amides is 1. The number of piperazine rings is 1. The van der Waals surface area contributed by atoms with E-state index in [1.54, 1.807) is 0 Å². The minimum atomic E-state index is 0.233. The van der Waals surface area contributed by atoms with Crippen LogP contribution in [-0.4, -0.2) is 54.7 Å². The van der Waals surface area contributed by atoms with Crippen molar-refractivity contribution in [2.45, 2.75) is 45.6 Å². The number of aryl methyl sites for hydroxylation is 1. The van der Waals surface area contributed by atoms with Crippen LogP contribution in [0.25, 0.3) is 0 Å². The monoisotopic (exact) mass is 331 g/mol. The van der Waals surface area contributed by atoms with E-state index in [2.05, 4.69) is 27.8 Å². The molecule has 2 unspecified atom stereocenters. The van der Waals surface area contributed by atoms with Gasteiger partial charge >= 0.3 is 0 Å². The van der Waals surface area contributed by atoms with Gasteiger partial charge in [-0.15, -0.1) is 0 Å². The Morgan fingerprint density at radius 2 is 2.25 bits per heavy atom. The third kappa shape index (κ3) is 4.26. The molecule has 0 bridgehead atoms. The quantitative estimate of drug-likeness (QED) is 0.851. The maximum atomic E-state index is 12.6. The summed E-state index contributed by atoms with van der Waals surface area (Å²) in [5.74, 6) is 1.88. The van der Waals surface area contributed by atoms with Crippen molar-refractivity contribution < 1.29 is 9.53 Å². The second-order valence-electron chi connectivity index (χ2n) is 7.14. The molecule has 2 aliphatic rings. The van der Waals surface area contributed by atoms with Crippen LogP contribution >= 0.6 is 0 Å². The van der Waals surface area contributed by atoms with Crippen molar-refractivity contribution in [1.82, 2.24) is 9.88 Å². The molecule has 3 rings (SSSR count). The van der Waals surface area contributed by atoms with Crippen molar-refractivity contribution in [2.75, 3.05) is 37.7 Å². The lowest BCUT2D eigenvalue weighted by Crippen LogP contribution is -2.54. The Morgan fingerprint density at radius 3 is 2.96 bits per heavy atom. The summed E-state index contributed by atoms with van der Waals surface area (Å²) in [6.45, 7) is 8.38. The SMILES string of the molecule is Cc1cccc(N2CCN(C(=O)CCC3CCCOC3)C(C)C2)n1. The minimum Gasteiger partial charge on any atom is -0.381 e. The lowest BCUT2D eigenvalue weighted by atomic mass is 9.96. The largest absolute Gasteiger partial charge is 0.381 e. The smallest absolute Gasteiger partial charge is 0.222 e. The topological polar surface area (TPSA) is 45.7 Å². The molecular formula is C19H29N3O2. The zero-order chi connectivity index (χ0) is 16.9. The summed E-state index contributed by atoms with van der Waals surface area (Å²) in [5, 5.41) is 0. The van der Waals surface area contributed by atoms with Gasteiger partial charge in [0.2, 0.25) is 5.91 Å². The highest BCUT2D eigenvalue weighted by molar-refractivity contribution is 5.76. The third-order valence-electron chi connectivity index (χ3n) is 5.17. The van der Waals surface area contributed by atoms with Gasteiger partial charge in [0.15, 0.2) is 0 Å². The third-order valence-corrected chi connectivity index (χ3v) is 5.17. The number of anilines is 1. The Bertz CT molecular complexity index is 557. The minimum absolute atomic E-state index is 0.233. The fourth-order valence-electron chi connectivity index (χ4n) is 3.75. The lowest BCUT2D eigenvalue weighted by Gasteiger charge is -2.40. The summed E-state index contributed by atoms with van der Waals surface area (Å²) < 4.78 is 5.52. The summed E-state index contributed by atoms with van der Waals surface area (Å²) in [7, 11) is 0.